The van der Waals surface area contributed by atoms with Gasteiger partial charge in [-0.15, -0.1) is 12.4 Å². The van der Waals surface area contributed by atoms with Gasteiger partial charge in [0.1, 0.15) is 0 Å². The maximum absolute atomic E-state index is 12.1. The van der Waals surface area contributed by atoms with Crippen molar-refractivity contribution in [1.29, 1.82) is 0 Å². The molecule has 3 N–H and O–H groups in total. The Bertz CT molecular complexity index is 381. The van der Waals surface area contributed by atoms with Crippen LogP contribution in [-0.4, -0.2) is 11.4 Å². The topological polar surface area (TPSA) is 55.1 Å². The number of halogens is 1. The Morgan fingerprint density at radius 1 is 1.22 bits per heavy atom. The fourth-order valence-corrected chi connectivity index (χ4v) is 2.01. The van der Waals surface area contributed by atoms with Crippen LogP contribution in [0.25, 0.3) is 0 Å². The number of nitrogens with one attached hydrogen (secondary N) is 1. The van der Waals surface area contributed by atoms with Gasteiger partial charge in [0.05, 0.1) is 0 Å². The minimum absolute atomic E-state index is 0. The van der Waals surface area contributed by atoms with Gasteiger partial charge in [0.25, 0.3) is 5.91 Å². The first-order valence-electron chi connectivity index (χ1n) is 6.25. The molecular formula is C14H23ClN2O. The lowest BCUT2D eigenvalue weighted by molar-refractivity contribution is 0.0888. The zero-order valence-electron chi connectivity index (χ0n) is 11.3. The molecule has 1 aromatic carbocycles. The van der Waals surface area contributed by atoms with Crippen LogP contribution >= 0.6 is 12.4 Å². The summed E-state index contributed by atoms with van der Waals surface area (Å²) in [6.45, 7) is 6.31. The SMILES string of the molecule is CCC(CC)(CC)NC(=O)c1cccc(N)c1.Cl. The van der Waals surface area contributed by atoms with E-state index >= 15 is 0 Å². The molecule has 3 nitrogen and oxygen atoms in total. The summed E-state index contributed by atoms with van der Waals surface area (Å²) < 4.78 is 0. The molecule has 4 heteroatoms. The molecule has 0 unspecified atom stereocenters. The molecular weight excluding hydrogens is 248 g/mol. The van der Waals surface area contributed by atoms with Crippen LogP contribution < -0.4 is 11.1 Å². The van der Waals surface area contributed by atoms with Gasteiger partial charge >= 0.3 is 0 Å². The molecule has 0 aliphatic carbocycles. The van der Waals surface area contributed by atoms with Crippen molar-refractivity contribution in [2.75, 3.05) is 5.73 Å². The van der Waals surface area contributed by atoms with Gasteiger partial charge < -0.3 is 11.1 Å². The maximum atomic E-state index is 12.1. The second kappa shape index (κ2) is 7.27. The van der Waals surface area contributed by atoms with Gasteiger partial charge in [-0.05, 0) is 37.5 Å². The van der Waals surface area contributed by atoms with Gasteiger partial charge in [-0.1, -0.05) is 26.8 Å². The quantitative estimate of drug-likeness (QED) is 0.806. The van der Waals surface area contributed by atoms with Crippen LogP contribution in [0.1, 0.15) is 50.4 Å². The number of amides is 1. The molecule has 0 heterocycles. The van der Waals surface area contributed by atoms with Crippen LogP contribution in [0, 0.1) is 0 Å². The van der Waals surface area contributed by atoms with E-state index in [-0.39, 0.29) is 23.9 Å². The summed E-state index contributed by atoms with van der Waals surface area (Å²) in [5.41, 5.74) is 6.83. The van der Waals surface area contributed by atoms with Crippen LogP contribution in [0.2, 0.25) is 0 Å². The highest BCUT2D eigenvalue weighted by molar-refractivity contribution is 5.95. The predicted octanol–water partition coefficient (Wildman–Crippen LogP) is 3.39. The average Bonchev–Trinajstić information content (AvgIpc) is 2.36. The first-order valence-corrected chi connectivity index (χ1v) is 6.25. The predicted molar refractivity (Wildman–Crippen MR) is 79.2 cm³/mol. The minimum Gasteiger partial charge on any atom is -0.399 e. The molecule has 0 saturated carbocycles. The number of benzene rings is 1. The van der Waals surface area contributed by atoms with Crippen molar-refractivity contribution in [3.05, 3.63) is 29.8 Å². The Labute approximate surface area is 116 Å². The number of anilines is 1. The number of carbonyl (C=O) groups is 1. The minimum atomic E-state index is -0.0955. The van der Waals surface area contributed by atoms with Crippen LogP contribution in [0.3, 0.4) is 0 Å². The smallest absolute Gasteiger partial charge is 0.251 e. The summed E-state index contributed by atoms with van der Waals surface area (Å²) in [7, 11) is 0. The van der Waals surface area contributed by atoms with Gasteiger partial charge in [0.15, 0.2) is 0 Å². The Morgan fingerprint density at radius 3 is 2.22 bits per heavy atom. The zero-order valence-corrected chi connectivity index (χ0v) is 12.1. The molecule has 1 aromatic rings. The van der Waals surface area contributed by atoms with E-state index in [1.165, 1.54) is 0 Å². The van der Waals surface area contributed by atoms with E-state index in [2.05, 4.69) is 26.1 Å². The summed E-state index contributed by atoms with van der Waals surface area (Å²) in [4.78, 5) is 12.1. The third kappa shape index (κ3) is 3.91. The van der Waals surface area contributed by atoms with Crippen LogP contribution in [0.5, 0.6) is 0 Å². The largest absolute Gasteiger partial charge is 0.399 e. The number of nitrogens with two attached hydrogens (primary N) is 1. The van der Waals surface area contributed by atoms with E-state index in [1.54, 1.807) is 24.3 Å². The summed E-state index contributed by atoms with van der Waals surface area (Å²) >= 11 is 0. The average molecular weight is 271 g/mol. The van der Waals surface area contributed by atoms with Gasteiger partial charge in [-0.3, -0.25) is 4.79 Å². The summed E-state index contributed by atoms with van der Waals surface area (Å²) in [6.07, 6.45) is 2.82. The zero-order chi connectivity index (χ0) is 12.9. The van der Waals surface area contributed by atoms with Crippen LogP contribution in [-0.2, 0) is 0 Å². The van der Waals surface area contributed by atoms with E-state index in [0.29, 0.717) is 11.3 Å². The molecule has 0 aromatic heterocycles. The first-order chi connectivity index (χ1) is 8.06. The molecule has 0 radical (unpaired) electrons. The lowest BCUT2D eigenvalue weighted by atomic mass is 9.89. The summed E-state index contributed by atoms with van der Waals surface area (Å²) in [5.74, 6) is -0.0390. The third-order valence-electron chi connectivity index (χ3n) is 3.56. The second-order valence-corrected chi connectivity index (χ2v) is 4.42. The lowest BCUT2D eigenvalue weighted by Gasteiger charge is -2.31. The van der Waals surface area contributed by atoms with Gasteiger partial charge in [0, 0.05) is 16.8 Å². The molecule has 0 saturated heterocycles. The summed E-state index contributed by atoms with van der Waals surface area (Å²) in [5, 5.41) is 3.13. The Morgan fingerprint density at radius 2 is 1.78 bits per heavy atom. The van der Waals surface area contributed by atoms with Crippen LogP contribution in [0.15, 0.2) is 24.3 Å². The number of rotatable bonds is 5. The third-order valence-corrected chi connectivity index (χ3v) is 3.56. The van der Waals surface area contributed by atoms with Crippen molar-refractivity contribution in [2.45, 2.75) is 45.6 Å². The van der Waals surface area contributed by atoms with E-state index in [4.69, 9.17) is 5.73 Å². The van der Waals surface area contributed by atoms with Crippen molar-refractivity contribution < 1.29 is 4.79 Å². The number of nitrogen functional groups attached to an aromatic ring is 1. The highest BCUT2D eigenvalue weighted by atomic mass is 35.5. The second-order valence-electron chi connectivity index (χ2n) is 4.42. The first kappa shape index (κ1) is 16.8. The molecule has 1 rings (SSSR count). The fourth-order valence-electron chi connectivity index (χ4n) is 2.01. The Hall–Kier alpha value is -1.22. The van der Waals surface area contributed by atoms with E-state index < -0.39 is 0 Å². The van der Waals surface area contributed by atoms with Crippen molar-refractivity contribution in [3.63, 3.8) is 0 Å². The molecule has 102 valence electrons. The monoisotopic (exact) mass is 270 g/mol. The number of hydrogen-bond acceptors (Lipinski definition) is 2. The molecule has 0 aliphatic rings. The Balaban J connectivity index is 0.00000289. The van der Waals surface area contributed by atoms with E-state index in [9.17, 15) is 4.79 Å². The molecule has 0 atom stereocenters. The van der Waals surface area contributed by atoms with Gasteiger partial charge in [-0.25, -0.2) is 0 Å². The highest BCUT2D eigenvalue weighted by Gasteiger charge is 2.26. The molecule has 0 bridgehead atoms. The molecule has 18 heavy (non-hydrogen) atoms. The van der Waals surface area contributed by atoms with Crippen molar-refractivity contribution >= 4 is 24.0 Å². The van der Waals surface area contributed by atoms with E-state index in [0.717, 1.165) is 19.3 Å². The summed E-state index contributed by atoms with van der Waals surface area (Å²) in [6, 6.07) is 7.08. The number of hydrogen-bond donors (Lipinski definition) is 2. The maximum Gasteiger partial charge on any atom is 0.251 e. The molecule has 0 aliphatic heterocycles. The highest BCUT2D eigenvalue weighted by Crippen LogP contribution is 2.20. The molecule has 0 spiro atoms. The van der Waals surface area contributed by atoms with Crippen LogP contribution in [0.4, 0.5) is 5.69 Å². The van der Waals surface area contributed by atoms with Crippen molar-refractivity contribution in [1.82, 2.24) is 5.32 Å². The Kier molecular flexibility index (Phi) is 6.77. The molecule has 1 amide bonds. The fraction of sp³-hybridized carbons (Fsp3) is 0.500. The standard InChI is InChI=1S/C14H22N2O.ClH/c1-4-14(5-2,6-3)16-13(17)11-8-7-9-12(15)10-11;/h7-10H,4-6,15H2,1-3H3,(H,16,17);1H. The number of carbonyl (C=O) groups excluding carboxylic acids is 1. The van der Waals surface area contributed by atoms with E-state index in [1.807, 2.05) is 0 Å². The van der Waals surface area contributed by atoms with Gasteiger partial charge in [0.2, 0.25) is 0 Å². The molecule has 0 fully saturated rings. The normalized spacial score (nSPS) is 10.6. The van der Waals surface area contributed by atoms with Crippen molar-refractivity contribution in [3.8, 4) is 0 Å². The van der Waals surface area contributed by atoms with Gasteiger partial charge in [-0.2, -0.15) is 0 Å². The lowest BCUT2D eigenvalue weighted by Crippen LogP contribution is -2.47. The van der Waals surface area contributed by atoms with Crippen molar-refractivity contribution in [2.24, 2.45) is 0 Å².